The largest absolute Gasteiger partial charge is 0.408 e. The monoisotopic (exact) mass is 452 g/mol. The van der Waals surface area contributed by atoms with Gasteiger partial charge in [-0.15, -0.1) is 0 Å². The number of amides is 3. The van der Waals surface area contributed by atoms with Crippen molar-refractivity contribution in [3.05, 3.63) is 41.5 Å². The molecule has 0 spiro atoms. The molecule has 0 saturated carbocycles. The molecule has 32 heavy (non-hydrogen) atoms. The maximum atomic E-state index is 13.3. The summed E-state index contributed by atoms with van der Waals surface area (Å²) in [6.45, 7) is 3.64. The first-order chi connectivity index (χ1) is 15.0. The van der Waals surface area contributed by atoms with Crippen LogP contribution in [0.3, 0.4) is 0 Å². The van der Waals surface area contributed by atoms with E-state index in [1.807, 2.05) is 10.2 Å². The van der Waals surface area contributed by atoms with Gasteiger partial charge in [-0.25, -0.2) is 19.2 Å². The molecule has 2 atom stereocenters. The minimum absolute atomic E-state index is 0.170. The average molecular weight is 452 g/mol. The fourth-order valence-corrected chi connectivity index (χ4v) is 3.78. The summed E-state index contributed by atoms with van der Waals surface area (Å²) in [6, 6.07) is 1.25. The van der Waals surface area contributed by atoms with Gasteiger partial charge in [-0.1, -0.05) is 0 Å². The van der Waals surface area contributed by atoms with Crippen molar-refractivity contribution < 1.29 is 27.2 Å². The van der Waals surface area contributed by atoms with E-state index in [0.29, 0.717) is 30.8 Å². The minimum atomic E-state index is -4.60. The Labute approximate surface area is 180 Å². The van der Waals surface area contributed by atoms with Crippen molar-refractivity contribution in [1.82, 2.24) is 15.3 Å². The van der Waals surface area contributed by atoms with Gasteiger partial charge >= 0.3 is 12.2 Å². The van der Waals surface area contributed by atoms with Gasteiger partial charge in [-0.05, 0) is 44.0 Å². The summed E-state index contributed by atoms with van der Waals surface area (Å²) in [7, 11) is 0. The molecule has 2 aromatic rings. The Morgan fingerprint density at radius 3 is 2.72 bits per heavy atom. The first-order valence-corrected chi connectivity index (χ1v) is 9.90. The van der Waals surface area contributed by atoms with Crippen molar-refractivity contribution in [2.75, 3.05) is 28.2 Å². The molecule has 4 rings (SSSR count). The van der Waals surface area contributed by atoms with E-state index in [9.17, 15) is 27.2 Å². The molecule has 1 fully saturated rings. The number of pyridine rings is 2. The van der Waals surface area contributed by atoms with Gasteiger partial charge in [0.2, 0.25) is 0 Å². The molecule has 12 heteroatoms. The molecule has 2 N–H and O–H groups in total. The molecular formula is C20H20F4N6O2. The Morgan fingerprint density at radius 1 is 1.28 bits per heavy atom. The molecule has 2 bridgehead atoms. The number of nitrogens with zero attached hydrogens (tertiary/aromatic N) is 4. The molecule has 0 aliphatic carbocycles. The number of aromatic nitrogens is 2. The van der Waals surface area contributed by atoms with Gasteiger partial charge in [0.15, 0.2) is 5.82 Å². The van der Waals surface area contributed by atoms with Gasteiger partial charge in [0.1, 0.15) is 23.4 Å². The predicted molar refractivity (Wildman–Crippen MR) is 108 cm³/mol. The summed E-state index contributed by atoms with van der Waals surface area (Å²) in [5.41, 5.74) is 0.778. The van der Waals surface area contributed by atoms with Crippen LogP contribution in [0.15, 0.2) is 24.4 Å². The third kappa shape index (κ3) is 4.04. The maximum Gasteiger partial charge on any atom is 0.408 e. The van der Waals surface area contributed by atoms with E-state index in [1.54, 1.807) is 13.0 Å². The lowest BCUT2D eigenvalue weighted by Gasteiger charge is -2.35. The van der Waals surface area contributed by atoms with Crippen molar-refractivity contribution in [2.24, 2.45) is 0 Å². The zero-order chi connectivity index (χ0) is 23.2. The highest BCUT2D eigenvalue weighted by atomic mass is 19.4. The van der Waals surface area contributed by atoms with Crippen LogP contribution in [0, 0.1) is 12.7 Å². The third-order valence-corrected chi connectivity index (χ3v) is 5.51. The fourth-order valence-electron chi connectivity index (χ4n) is 3.78. The van der Waals surface area contributed by atoms with Crippen LogP contribution in [-0.2, 0) is 0 Å². The lowest BCUT2D eigenvalue weighted by atomic mass is 10.1. The van der Waals surface area contributed by atoms with E-state index >= 15 is 0 Å². The summed E-state index contributed by atoms with van der Waals surface area (Å²) in [6.07, 6.45) is -2.97. The second kappa shape index (κ2) is 7.92. The summed E-state index contributed by atoms with van der Waals surface area (Å²) in [5, 5.41) is 4.51. The Hall–Kier alpha value is -3.44. The number of urea groups is 1. The van der Waals surface area contributed by atoms with Crippen molar-refractivity contribution >= 4 is 29.3 Å². The zero-order valence-corrected chi connectivity index (χ0v) is 17.2. The number of aryl methyl sites for hydroxylation is 1. The Kier molecular flexibility index (Phi) is 5.39. The van der Waals surface area contributed by atoms with Crippen molar-refractivity contribution in [1.29, 1.82) is 0 Å². The molecular weight excluding hydrogens is 432 g/mol. The fraction of sp³-hybridized carbons (Fsp3) is 0.400. The molecule has 0 aromatic carbocycles. The molecule has 3 amide bonds. The number of carbonyl (C=O) groups excluding carboxylic acids is 2. The van der Waals surface area contributed by atoms with E-state index in [4.69, 9.17) is 0 Å². The molecule has 0 unspecified atom stereocenters. The smallest absolute Gasteiger partial charge is 0.366 e. The minimum Gasteiger partial charge on any atom is -0.366 e. The Morgan fingerprint density at radius 2 is 2.03 bits per heavy atom. The lowest BCUT2D eigenvalue weighted by Crippen LogP contribution is -2.49. The number of anilines is 3. The lowest BCUT2D eigenvalue weighted by molar-refractivity contribution is -0.149. The second-order valence-corrected chi connectivity index (χ2v) is 7.78. The predicted octanol–water partition coefficient (Wildman–Crippen LogP) is 3.24. The van der Waals surface area contributed by atoms with Gasteiger partial charge < -0.3 is 10.2 Å². The van der Waals surface area contributed by atoms with Crippen LogP contribution in [0.25, 0.3) is 0 Å². The van der Waals surface area contributed by atoms with E-state index < -0.39 is 30.0 Å². The van der Waals surface area contributed by atoms with Gasteiger partial charge in [0.25, 0.3) is 5.91 Å². The van der Waals surface area contributed by atoms with E-state index in [2.05, 4.69) is 15.3 Å². The van der Waals surface area contributed by atoms with Gasteiger partial charge in [-0.2, -0.15) is 13.2 Å². The molecule has 4 heterocycles. The molecule has 0 radical (unpaired) electrons. The van der Waals surface area contributed by atoms with Crippen LogP contribution in [0.4, 0.5) is 39.7 Å². The maximum absolute atomic E-state index is 13.3. The summed E-state index contributed by atoms with van der Waals surface area (Å²) in [4.78, 5) is 37.0. The topological polar surface area (TPSA) is 90.5 Å². The number of rotatable bonds is 3. The number of fused-ring (bicyclic) bond motifs is 4. The van der Waals surface area contributed by atoms with E-state index in [1.165, 1.54) is 17.0 Å². The third-order valence-electron chi connectivity index (χ3n) is 5.51. The standard InChI is InChI=1S/C20H20F4N6O2/c1-10-7-12(21)8-25-16(10)28-19(32)30-13-5-6-29(9-13)15-4-3-14(27-17(15)30)18(31)26-11(2)20(22,23)24/h3-4,7-8,11,13H,5-6,9H2,1-2H3,(H,26,31)(H,25,28,32)/t11-,13+/m1/s1. The van der Waals surface area contributed by atoms with Crippen LogP contribution in [0.2, 0.25) is 0 Å². The highest BCUT2D eigenvalue weighted by Gasteiger charge is 2.41. The molecule has 2 aliphatic rings. The number of alkyl halides is 3. The number of hydrogen-bond donors (Lipinski definition) is 2. The summed E-state index contributed by atoms with van der Waals surface area (Å²) in [5.74, 6) is -1.20. The van der Waals surface area contributed by atoms with Crippen LogP contribution < -0.4 is 20.4 Å². The molecule has 8 nitrogen and oxygen atoms in total. The van der Waals surface area contributed by atoms with Gasteiger partial charge in [-0.3, -0.25) is 15.0 Å². The highest BCUT2D eigenvalue weighted by molar-refractivity contribution is 6.05. The van der Waals surface area contributed by atoms with E-state index in [-0.39, 0.29) is 23.4 Å². The highest BCUT2D eigenvalue weighted by Crippen LogP contribution is 2.39. The van der Waals surface area contributed by atoms with Crippen LogP contribution in [0.1, 0.15) is 29.4 Å². The van der Waals surface area contributed by atoms with Crippen LogP contribution >= 0.6 is 0 Å². The Balaban J connectivity index is 1.63. The van der Waals surface area contributed by atoms with Gasteiger partial charge in [0.05, 0.1) is 17.9 Å². The van der Waals surface area contributed by atoms with Crippen molar-refractivity contribution in [2.45, 2.75) is 38.5 Å². The first-order valence-electron chi connectivity index (χ1n) is 9.90. The zero-order valence-electron chi connectivity index (χ0n) is 17.2. The number of carbonyl (C=O) groups is 2. The average Bonchev–Trinajstić information content (AvgIpc) is 3.13. The molecule has 2 aromatic heterocycles. The van der Waals surface area contributed by atoms with Gasteiger partial charge in [0, 0.05) is 13.1 Å². The SMILES string of the molecule is Cc1cc(F)cnc1NC(=O)N1c2nc(C(=O)N[C@H](C)C(F)(F)F)ccc2N2CC[C@H]1C2. The van der Waals surface area contributed by atoms with Crippen molar-refractivity contribution in [3.8, 4) is 0 Å². The molecule has 2 aliphatic heterocycles. The van der Waals surface area contributed by atoms with Crippen molar-refractivity contribution in [3.63, 3.8) is 0 Å². The second-order valence-electron chi connectivity index (χ2n) is 7.78. The Bertz CT molecular complexity index is 1080. The summed E-state index contributed by atoms with van der Waals surface area (Å²) >= 11 is 0. The normalized spacial score (nSPS) is 18.2. The quantitative estimate of drug-likeness (QED) is 0.698. The number of nitrogens with one attached hydrogen (secondary N) is 2. The summed E-state index contributed by atoms with van der Waals surface area (Å²) < 4.78 is 51.8. The number of hydrogen-bond acceptors (Lipinski definition) is 5. The molecule has 170 valence electrons. The first kappa shape index (κ1) is 21.8. The van der Waals surface area contributed by atoms with Crippen LogP contribution in [0.5, 0.6) is 0 Å². The van der Waals surface area contributed by atoms with E-state index in [0.717, 1.165) is 13.1 Å². The molecule has 1 saturated heterocycles. The number of halogens is 4. The van der Waals surface area contributed by atoms with Crippen LogP contribution in [-0.4, -0.2) is 53.3 Å².